The summed E-state index contributed by atoms with van der Waals surface area (Å²) >= 11 is 12.7. The zero-order valence-corrected chi connectivity index (χ0v) is 18.2. The van der Waals surface area contributed by atoms with E-state index in [1.54, 1.807) is 36.4 Å². The van der Waals surface area contributed by atoms with Gasteiger partial charge in [-0.05, 0) is 16.7 Å². The van der Waals surface area contributed by atoms with Crippen molar-refractivity contribution in [1.82, 2.24) is 0 Å². The molecule has 31 heavy (non-hydrogen) atoms. The van der Waals surface area contributed by atoms with Crippen molar-refractivity contribution < 1.29 is 24.1 Å². The van der Waals surface area contributed by atoms with Crippen LogP contribution in [0, 0.1) is 0 Å². The second-order valence-electron chi connectivity index (χ2n) is 6.51. The van der Waals surface area contributed by atoms with E-state index in [-0.39, 0.29) is 12.2 Å². The maximum atomic E-state index is 11.6. The summed E-state index contributed by atoms with van der Waals surface area (Å²) in [5.74, 6) is -0.291. The lowest BCUT2D eigenvalue weighted by molar-refractivity contribution is -0.130. The van der Waals surface area contributed by atoms with Crippen LogP contribution in [-0.4, -0.2) is 18.2 Å². The van der Waals surface area contributed by atoms with Crippen LogP contribution in [0.1, 0.15) is 16.7 Å². The SMILES string of the molecule is COC=C(C(=O)O)c1ccccc1COc1cc(Cl)c(OCc2ccccc2)c(Cl)c1. The predicted molar refractivity (Wildman–Crippen MR) is 121 cm³/mol. The molecule has 0 amide bonds. The first-order valence-corrected chi connectivity index (χ1v) is 10.1. The Labute approximate surface area is 190 Å². The number of methoxy groups -OCH3 is 1. The molecule has 0 radical (unpaired) electrons. The Morgan fingerprint density at radius 3 is 2.23 bits per heavy atom. The molecule has 160 valence electrons. The van der Waals surface area contributed by atoms with Gasteiger partial charge in [0, 0.05) is 12.1 Å². The van der Waals surface area contributed by atoms with Gasteiger partial charge in [-0.1, -0.05) is 77.8 Å². The van der Waals surface area contributed by atoms with Crippen LogP contribution >= 0.6 is 23.2 Å². The average molecular weight is 459 g/mol. The van der Waals surface area contributed by atoms with E-state index in [1.165, 1.54) is 13.4 Å². The standard InChI is InChI=1S/C24H20Cl2O5/c1-29-15-20(24(27)28)19-10-6-5-9-17(19)14-30-18-11-21(25)23(22(26)12-18)31-13-16-7-3-2-4-8-16/h2-12,15H,13-14H2,1H3,(H,27,28). The molecule has 0 fully saturated rings. The van der Waals surface area contributed by atoms with Gasteiger partial charge in [-0.3, -0.25) is 0 Å². The monoisotopic (exact) mass is 458 g/mol. The third kappa shape index (κ3) is 5.94. The van der Waals surface area contributed by atoms with E-state index in [0.29, 0.717) is 39.3 Å². The van der Waals surface area contributed by atoms with Crippen molar-refractivity contribution in [3.8, 4) is 11.5 Å². The van der Waals surface area contributed by atoms with Crippen molar-refractivity contribution in [2.75, 3.05) is 7.11 Å². The van der Waals surface area contributed by atoms with Gasteiger partial charge in [-0.2, -0.15) is 0 Å². The van der Waals surface area contributed by atoms with E-state index in [0.717, 1.165) is 5.56 Å². The number of carboxylic acids is 1. The van der Waals surface area contributed by atoms with E-state index in [4.69, 9.17) is 37.4 Å². The lowest BCUT2D eigenvalue weighted by atomic mass is 10.0. The summed E-state index contributed by atoms with van der Waals surface area (Å²) in [6, 6.07) is 19.9. The fourth-order valence-corrected chi connectivity index (χ4v) is 3.48. The molecular weight excluding hydrogens is 439 g/mol. The molecule has 0 aliphatic rings. The van der Waals surface area contributed by atoms with Crippen molar-refractivity contribution >= 4 is 34.7 Å². The summed E-state index contributed by atoms with van der Waals surface area (Å²) in [6.07, 6.45) is 1.19. The van der Waals surface area contributed by atoms with Crippen LogP contribution in [0.2, 0.25) is 10.0 Å². The molecule has 0 saturated carbocycles. The summed E-state index contributed by atoms with van der Waals surface area (Å²) in [5.41, 5.74) is 2.19. The second-order valence-corrected chi connectivity index (χ2v) is 7.32. The van der Waals surface area contributed by atoms with Gasteiger partial charge in [0.05, 0.1) is 23.4 Å². The molecule has 0 aliphatic carbocycles. The molecule has 0 unspecified atom stereocenters. The number of carboxylic acid groups (broad SMARTS) is 1. The first-order valence-electron chi connectivity index (χ1n) is 9.32. The second kappa shape index (κ2) is 10.8. The number of carbonyl (C=O) groups is 1. The van der Waals surface area contributed by atoms with Gasteiger partial charge in [0.1, 0.15) is 24.5 Å². The Kier molecular flexibility index (Phi) is 7.82. The number of rotatable bonds is 9. The first kappa shape index (κ1) is 22.5. The molecule has 3 rings (SSSR count). The van der Waals surface area contributed by atoms with Crippen molar-refractivity contribution in [3.05, 3.63) is 99.7 Å². The van der Waals surface area contributed by atoms with Crippen LogP contribution in [0.25, 0.3) is 5.57 Å². The zero-order valence-electron chi connectivity index (χ0n) is 16.7. The molecule has 0 aliphatic heterocycles. The minimum Gasteiger partial charge on any atom is -0.503 e. The molecule has 5 nitrogen and oxygen atoms in total. The fraction of sp³-hybridized carbons (Fsp3) is 0.125. The quantitative estimate of drug-likeness (QED) is 0.304. The van der Waals surface area contributed by atoms with Crippen LogP contribution in [0.15, 0.2) is 73.0 Å². The van der Waals surface area contributed by atoms with Crippen molar-refractivity contribution in [2.45, 2.75) is 13.2 Å². The predicted octanol–water partition coefficient (Wildman–Crippen LogP) is 6.22. The van der Waals surface area contributed by atoms with Gasteiger partial charge in [-0.15, -0.1) is 0 Å². The van der Waals surface area contributed by atoms with E-state index < -0.39 is 5.97 Å². The third-order valence-corrected chi connectivity index (χ3v) is 4.93. The maximum absolute atomic E-state index is 11.6. The van der Waals surface area contributed by atoms with Gasteiger partial charge in [0.25, 0.3) is 0 Å². The number of ether oxygens (including phenoxy) is 3. The molecule has 0 heterocycles. The lowest BCUT2D eigenvalue weighted by Gasteiger charge is -2.14. The van der Waals surface area contributed by atoms with Crippen molar-refractivity contribution in [1.29, 1.82) is 0 Å². The van der Waals surface area contributed by atoms with E-state index >= 15 is 0 Å². The average Bonchev–Trinajstić information content (AvgIpc) is 2.76. The number of hydrogen-bond acceptors (Lipinski definition) is 4. The highest BCUT2D eigenvalue weighted by atomic mass is 35.5. The van der Waals surface area contributed by atoms with Gasteiger partial charge in [-0.25, -0.2) is 4.79 Å². The van der Waals surface area contributed by atoms with Crippen molar-refractivity contribution in [2.24, 2.45) is 0 Å². The molecule has 0 spiro atoms. The molecule has 7 heteroatoms. The molecule has 1 N–H and O–H groups in total. The highest BCUT2D eigenvalue weighted by Gasteiger charge is 2.16. The maximum Gasteiger partial charge on any atom is 0.339 e. The Morgan fingerprint density at radius 2 is 1.58 bits per heavy atom. The highest BCUT2D eigenvalue weighted by Crippen LogP contribution is 2.37. The zero-order chi connectivity index (χ0) is 22.2. The normalized spacial score (nSPS) is 11.1. The van der Waals surface area contributed by atoms with E-state index in [2.05, 4.69) is 0 Å². The van der Waals surface area contributed by atoms with Gasteiger partial charge in [0.15, 0.2) is 5.75 Å². The van der Waals surface area contributed by atoms with Gasteiger partial charge < -0.3 is 19.3 Å². The highest BCUT2D eigenvalue weighted by molar-refractivity contribution is 6.37. The van der Waals surface area contributed by atoms with Crippen LogP contribution in [0.5, 0.6) is 11.5 Å². The van der Waals surface area contributed by atoms with Gasteiger partial charge >= 0.3 is 5.97 Å². The fourth-order valence-electron chi connectivity index (χ4n) is 2.90. The molecule has 3 aromatic rings. The molecule has 3 aromatic carbocycles. The van der Waals surface area contributed by atoms with Crippen LogP contribution < -0.4 is 9.47 Å². The molecule has 0 bridgehead atoms. The lowest BCUT2D eigenvalue weighted by Crippen LogP contribution is -2.06. The van der Waals surface area contributed by atoms with E-state index in [1.807, 2.05) is 30.3 Å². The summed E-state index contributed by atoms with van der Waals surface area (Å²) in [4.78, 5) is 11.6. The first-order chi connectivity index (χ1) is 15.0. The number of aliphatic carboxylic acids is 1. The summed E-state index contributed by atoms with van der Waals surface area (Å²) in [7, 11) is 1.40. The number of benzene rings is 3. The summed E-state index contributed by atoms with van der Waals surface area (Å²) in [6.45, 7) is 0.443. The smallest absolute Gasteiger partial charge is 0.339 e. The summed E-state index contributed by atoms with van der Waals surface area (Å²) in [5, 5.41) is 10.1. The minimum atomic E-state index is -1.10. The Hall–Kier alpha value is -3.15. The molecule has 0 atom stereocenters. The number of halogens is 2. The van der Waals surface area contributed by atoms with Crippen LogP contribution in [0.3, 0.4) is 0 Å². The Balaban J connectivity index is 1.75. The largest absolute Gasteiger partial charge is 0.503 e. The van der Waals surface area contributed by atoms with Crippen LogP contribution in [0.4, 0.5) is 0 Å². The van der Waals surface area contributed by atoms with Crippen LogP contribution in [-0.2, 0) is 22.7 Å². The van der Waals surface area contributed by atoms with Gasteiger partial charge in [0.2, 0.25) is 0 Å². The summed E-state index contributed by atoms with van der Waals surface area (Å²) < 4.78 is 16.5. The Morgan fingerprint density at radius 1 is 0.935 bits per heavy atom. The molecule has 0 aromatic heterocycles. The van der Waals surface area contributed by atoms with Crippen molar-refractivity contribution in [3.63, 3.8) is 0 Å². The topological polar surface area (TPSA) is 65.0 Å². The molecule has 0 saturated heterocycles. The minimum absolute atomic E-state index is 0.0300. The Bertz CT molecular complexity index is 1060. The van der Waals surface area contributed by atoms with E-state index in [9.17, 15) is 9.90 Å². The number of hydrogen-bond donors (Lipinski definition) is 1. The molecular formula is C24H20Cl2O5. The third-order valence-electron chi connectivity index (χ3n) is 4.37.